The molecule has 1 unspecified atom stereocenters. The third-order valence-electron chi connectivity index (χ3n) is 7.02. The van der Waals surface area contributed by atoms with E-state index in [2.05, 4.69) is 20.6 Å². The van der Waals surface area contributed by atoms with E-state index in [4.69, 9.17) is 27.9 Å². The van der Waals surface area contributed by atoms with Crippen LogP contribution in [0, 0.1) is 5.82 Å². The monoisotopic (exact) mass is 617 g/mol. The Balaban J connectivity index is 1.58. The number of rotatable bonds is 11. The Kier molecular flexibility index (Phi) is 10.5. The van der Waals surface area contributed by atoms with Crippen molar-refractivity contribution in [2.45, 2.75) is 45.6 Å². The Hall–Kier alpha value is -3.17. The van der Waals surface area contributed by atoms with Crippen molar-refractivity contribution in [1.82, 2.24) is 24.8 Å². The summed E-state index contributed by atoms with van der Waals surface area (Å²) in [7, 11) is -1.92. The maximum Gasteiger partial charge on any atom is 0.397 e. The highest BCUT2D eigenvalue weighted by molar-refractivity contribution is 6.82. The molecule has 42 heavy (non-hydrogen) atoms. The molecule has 0 aliphatic carbocycles. The summed E-state index contributed by atoms with van der Waals surface area (Å²) < 4.78 is 23.2. The van der Waals surface area contributed by atoms with Crippen molar-refractivity contribution in [2.75, 3.05) is 23.1 Å². The topological polar surface area (TPSA) is 146 Å². The van der Waals surface area contributed by atoms with Crippen LogP contribution in [-0.4, -0.2) is 81.5 Å². The second-order valence-corrected chi connectivity index (χ2v) is 10.7. The first kappa shape index (κ1) is 31.8. The molecule has 0 saturated carbocycles. The summed E-state index contributed by atoms with van der Waals surface area (Å²) in [6.45, 7) is 6.19. The number of aromatic nitrogens is 4. The molecule has 1 aromatic carbocycles. The lowest BCUT2D eigenvalue weighted by atomic mass is 9.73. The lowest BCUT2D eigenvalue weighted by molar-refractivity contribution is 0.102. The summed E-state index contributed by atoms with van der Waals surface area (Å²) in [5, 5.41) is 35.2. The number of hydrogen-bond acceptors (Lipinski definition) is 10. The molecule has 4 rings (SSSR count). The highest BCUT2D eigenvalue weighted by Crippen LogP contribution is 2.37. The Morgan fingerprint density at radius 1 is 1.29 bits per heavy atom. The summed E-state index contributed by atoms with van der Waals surface area (Å²) in [4.78, 5) is 26.5. The maximum absolute atomic E-state index is 14.2. The van der Waals surface area contributed by atoms with Crippen LogP contribution in [0.2, 0.25) is 23.7 Å². The number of ether oxygens (including phenoxy) is 1. The van der Waals surface area contributed by atoms with E-state index in [1.54, 1.807) is 24.6 Å². The number of carbonyl (C=O) groups excluding carboxylic acids is 2. The molecule has 1 aliphatic heterocycles. The van der Waals surface area contributed by atoms with Gasteiger partial charge in [0.2, 0.25) is 0 Å². The zero-order valence-electron chi connectivity index (χ0n) is 23.2. The Bertz CT molecular complexity index is 1430. The SMILES string of the molecule is CB(O)N1CCC(n2cc(NC(=O)c3cc(OC(C)c4c(Cl)ccc(F)c4Cl)c(N(BC=O)B(C)O)nn3)cn2)CC1. The number of anilines is 2. The third kappa shape index (κ3) is 7.24. The van der Waals surface area contributed by atoms with Gasteiger partial charge in [0.25, 0.3) is 5.91 Å². The number of benzene rings is 1. The summed E-state index contributed by atoms with van der Waals surface area (Å²) >= 11 is 12.4. The average molecular weight is 618 g/mol. The van der Waals surface area contributed by atoms with Crippen molar-refractivity contribution >= 4 is 68.3 Å². The van der Waals surface area contributed by atoms with E-state index in [9.17, 15) is 24.0 Å². The van der Waals surface area contributed by atoms with E-state index in [0.29, 0.717) is 11.9 Å². The van der Waals surface area contributed by atoms with Crippen molar-refractivity contribution < 1.29 is 28.8 Å². The lowest BCUT2D eigenvalue weighted by Gasteiger charge is -2.32. The summed E-state index contributed by atoms with van der Waals surface area (Å²) in [5.74, 6) is -1.36. The molecule has 0 bridgehead atoms. The predicted molar refractivity (Wildman–Crippen MR) is 162 cm³/mol. The standard InChI is InChI=1S/C24H29B3Cl2FN7O5/c1-14(21-17(28)4-5-18(30)22(21)29)42-20-10-19(33-34-23(20)37(25-13-38)27(3)41)24(39)32-15-11-31-36(12-15)16-6-8-35(9-7-16)26(2)40/h4-5,10-14,16,25,40-41H,6-9H2,1-3H3,(H,32,39). The van der Waals surface area contributed by atoms with Gasteiger partial charge in [0.05, 0.1) is 22.9 Å². The number of hydrogen-bond donors (Lipinski definition) is 3. The van der Waals surface area contributed by atoms with Crippen LogP contribution < -0.4 is 14.8 Å². The van der Waals surface area contributed by atoms with Crippen LogP contribution in [0.5, 0.6) is 5.75 Å². The Morgan fingerprint density at radius 3 is 2.64 bits per heavy atom. The molecule has 12 nitrogen and oxygen atoms in total. The number of carbonyl (C=O) groups is 2. The van der Waals surface area contributed by atoms with Gasteiger partial charge in [-0.15, -0.1) is 10.2 Å². The smallest absolute Gasteiger partial charge is 0.397 e. The zero-order chi connectivity index (χ0) is 30.6. The molecular formula is C24H29B3Cl2FN7O5. The van der Waals surface area contributed by atoms with Crippen LogP contribution in [-0.2, 0) is 4.79 Å². The average Bonchev–Trinajstić information content (AvgIpc) is 3.42. The van der Waals surface area contributed by atoms with Crippen molar-refractivity contribution in [3.63, 3.8) is 0 Å². The molecule has 3 aromatic rings. The Morgan fingerprint density at radius 2 is 2.00 bits per heavy atom. The number of nitrogens with zero attached hydrogens (tertiary/aromatic N) is 6. The van der Waals surface area contributed by atoms with Crippen LogP contribution in [0.25, 0.3) is 0 Å². The molecule has 0 spiro atoms. The predicted octanol–water partition coefficient (Wildman–Crippen LogP) is 2.72. The van der Waals surface area contributed by atoms with Crippen molar-refractivity contribution in [3.05, 3.63) is 57.7 Å². The van der Waals surface area contributed by atoms with Gasteiger partial charge in [-0.3, -0.25) is 9.48 Å². The van der Waals surface area contributed by atoms with Crippen LogP contribution in [0.15, 0.2) is 30.6 Å². The molecule has 1 amide bonds. The molecule has 3 heterocycles. The fourth-order valence-electron chi connectivity index (χ4n) is 4.75. The van der Waals surface area contributed by atoms with Crippen molar-refractivity contribution in [1.29, 1.82) is 0 Å². The van der Waals surface area contributed by atoms with Gasteiger partial charge >= 0.3 is 21.5 Å². The normalized spacial score (nSPS) is 14.7. The number of halogens is 3. The fraction of sp³-hybridized carbons (Fsp3) is 0.375. The second-order valence-electron chi connectivity index (χ2n) is 9.95. The molecular weight excluding hydrogens is 589 g/mol. The fourth-order valence-corrected chi connectivity index (χ4v) is 5.43. The number of piperidine rings is 1. The molecule has 1 aliphatic rings. The zero-order valence-corrected chi connectivity index (χ0v) is 24.8. The summed E-state index contributed by atoms with van der Waals surface area (Å²) in [6.07, 6.45) is 4.47. The van der Waals surface area contributed by atoms with Gasteiger partial charge in [-0.1, -0.05) is 23.2 Å². The molecule has 220 valence electrons. The number of amides is 1. The quantitative estimate of drug-likeness (QED) is 0.167. The highest BCUT2D eigenvalue weighted by atomic mass is 35.5. The first-order valence-electron chi connectivity index (χ1n) is 13.3. The van der Waals surface area contributed by atoms with Gasteiger partial charge in [-0.25, -0.2) is 4.39 Å². The van der Waals surface area contributed by atoms with Crippen LogP contribution in [0.4, 0.5) is 15.9 Å². The minimum Gasteiger partial charge on any atom is -0.482 e. The van der Waals surface area contributed by atoms with E-state index in [-0.39, 0.29) is 46.3 Å². The van der Waals surface area contributed by atoms with Gasteiger partial charge in [0, 0.05) is 22.8 Å². The van der Waals surface area contributed by atoms with E-state index in [0.717, 1.165) is 32.0 Å². The summed E-state index contributed by atoms with van der Waals surface area (Å²) in [5.41, 5.74) is 0.467. The Labute approximate surface area is 253 Å². The van der Waals surface area contributed by atoms with Gasteiger partial charge in [0.1, 0.15) is 18.1 Å². The van der Waals surface area contributed by atoms with Crippen molar-refractivity contribution in [2.24, 2.45) is 0 Å². The molecule has 1 saturated heterocycles. The van der Waals surface area contributed by atoms with Crippen molar-refractivity contribution in [3.8, 4) is 5.75 Å². The van der Waals surface area contributed by atoms with E-state index < -0.39 is 31.9 Å². The van der Waals surface area contributed by atoms with Gasteiger partial charge < -0.3 is 34.4 Å². The maximum atomic E-state index is 14.2. The van der Waals surface area contributed by atoms with Gasteiger partial charge in [-0.2, -0.15) is 5.10 Å². The summed E-state index contributed by atoms with van der Waals surface area (Å²) in [6, 6.07) is 3.89. The molecule has 18 heteroatoms. The van der Waals surface area contributed by atoms with E-state index in [1.165, 1.54) is 29.9 Å². The third-order valence-corrected chi connectivity index (χ3v) is 7.73. The van der Waals surface area contributed by atoms with Gasteiger partial charge in [0.15, 0.2) is 17.3 Å². The number of nitrogens with one attached hydrogen (secondary N) is 1. The molecule has 0 radical (unpaired) electrons. The molecule has 1 atom stereocenters. The molecule has 1 fully saturated rings. The molecule has 2 aromatic heterocycles. The van der Waals surface area contributed by atoms with Crippen LogP contribution in [0.1, 0.15) is 48.0 Å². The minimum absolute atomic E-state index is 0.0256. The van der Waals surface area contributed by atoms with E-state index in [1.807, 2.05) is 4.81 Å². The van der Waals surface area contributed by atoms with Crippen LogP contribution in [0.3, 0.4) is 0 Å². The first-order chi connectivity index (χ1) is 20.0. The highest BCUT2D eigenvalue weighted by Gasteiger charge is 2.28. The lowest BCUT2D eigenvalue weighted by Crippen LogP contribution is -2.43. The van der Waals surface area contributed by atoms with Crippen LogP contribution >= 0.6 is 23.2 Å². The first-order valence-corrected chi connectivity index (χ1v) is 14.1. The molecule has 3 N–H and O–H groups in total. The van der Waals surface area contributed by atoms with Gasteiger partial charge in [-0.05, 0) is 58.6 Å². The minimum atomic E-state index is -1.17. The van der Waals surface area contributed by atoms with E-state index >= 15 is 0 Å². The second kappa shape index (κ2) is 13.9. The largest absolute Gasteiger partial charge is 0.482 e.